The number of aryl methyl sites for hydroxylation is 1. The molecule has 0 radical (unpaired) electrons. The SMILES string of the molecule is Cc1ccc(C(CN)N2CCC(C)(O)CC2)cc1. The average Bonchev–Trinajstić information content (AvgIpc) is 2.34. The summed E-state index contributed by atoms with van der Waals surface area (Å²) < 4.78 is 0. The molecular formula is C15H24N2O. The van der Waals surface area contributed by atoms with Crippen LogP contribution in [-0.4, -0.2) is 35.2 Å². The van der Waals surface area contributed by atoms with Gasteiger partial charge in [0.25, 0.3) is 0 Å². The fourth-order valence-corrected chi connectivity index (χ4v) is 2.60. The Hall–Kier alpha value is -0.900. The van der Waals surface area contributed by atoms with Crippen LogP contribution in [0.3, 0.4) is 0 Å². The summed E-state index contributed by atoms with van der Waals surface area (Å²) in [5.74, 6) is 0. The van der Waals surface area contributed by atoms with Crippen LogP contribution in [0.2, 0.25) is 0 Å². The van der Waals surface area contributed by atoms with Crippen LogP contribution in [0.25, 0.3) is 0 Å². The monoisotopic (exact) mass is 248 g/mol. The van der Waals surface area contributed by atoms with E-state index in [2.05, 4.69) is 36.1 Å². The molecule has 0 aromatic heterocycles. The van der Waals surface area contributed by atoms with Crippen LogP contribution >= 0.6 is 0 Å². The van der Waals surface area contributed by atoms with E-state index >= 15 is 0 Å². The van der Waals surface area contributed by atoms with Crippen molar-refractivity contribution in [1.29, 1.82) is 0 Å². The fourth-order valence-electron chi connectivity index (χ4n) is 2.60. The lowest BCUT2D eigenvalue weighted by molar-refractivity contribution is -0.0160. The van der Waals surface area contributed by atoms with E-state index in [0.29, 0.717) is 6.54 Å². The zero-order valence-electron chi connectivity index (χ0n) is 11.4. The van der Waals surface area contributed by atoms with Crippen LogP contribution < -0.4 is 5.73 Å². The van der Waals surface area contributed by atoms with E-state index in [1.54, 1.807) is 0 Å². The number of hydrogen-bond acceptors (Lipinski definition) is 3. The van der Waals surface area contributed by atoms with Crippen LogP contribution in [0.5, 0.6) is 0 Å². The Morgan fingerprint density at radius 2 is 1.83 bits per heavy atom. The van der Waals surface area contributed by atoms with Gasteiger partial charge in [0.2, 0.25) is 0 Å². The molecule has 3 N–H and O–H groups in total. The van der Waals surface area contributed by atoms with Crippen molar-refractivity contribution in [2.24, 2.45) is 5.73 Å². The predicted octanol–water partition coefficient (Wildman–Crippen LogP) is 1.84. The molecule has 2 rings (SSSR count). The first-order valence-electron chi connectivity index (χ1n) is 6.75. The minimum Gasteiger partial charge on any atom is -0.390 e. The first-order valence-corrected chi connectivity index (χ1v) is 6.75. The Morgan fingerprint density at radius 3 is 2.33 bits per heavy atom. The van der Waals surface area contributed by atoms with Crippen LogP contribution in [0.4, 0.5) is 0 Å². The lowest BCUT2D eigenvalue weighted by atomic mass is 9.91. The Balaban J connectivity index is 2.08. The number of rotatable bonds is 3. The van der Waals surface area contributed by atoms with Crippen molar-refractivity contribution in [2.75, 3.05) is 19.6 Å². The molecule has 100 valence electrons. The van der Waals surface area contributed by atoms with Crippen molar-refractivity contribution in [3.63, 3.8) is 0 Å². The van der Waals surface area contributed by atoms with Gasteiger partial charge in [-0.15, -0.1) is 0 Å². The molecule has 18 heavy (non-hydrogen) atoms. The fraction of sp³-hybridized carbons (Fsp3) is 0.600. The smallest absolute Gasteiger partial charge is 0.0644 e. The molecule has 0 saturated carbocycles. The van der Waals surface area contributed by atoms with E-state index in [0.717, 1.165) is 25.9 Å². The minimum atomic E-state index is -0.497. The number of nitrogens with zero attached hydrogens (tertiary/aromatic N) is 1. The molecule has 1 aromatic carbocycles. The molecule has 1 unspecified atom stereocenters. The standard InChI is InChI=1S/C15H24N2O/c1-12-3-5-13(6-4-12)14(11-16)17-9-7-15(2,18)8-10-17/h3-6,14,18H,7-11,16H2,1-2H3. The predicted molar refractivity (Wildman–Crippen MR) is 74.4 cm³/mol. The molecule has 3 nitrogen and oxygen atoms in total. The second-order valence-electron chi connectivity index (χ2n) is 5.70. The van der Waals surface area contributed by atoms with Crippen molar-refractivity contribution >= 4 is 0 Å². The second kappa shape index (κ2) is 5.39. The Kier molecular flexibility index (Phi) is 4.05. The van der Waals surface area contributed by atoms with Gasteiger partial charge in [-0.3, -0.25) is 4.90 Å². The van der Waals surface area contributed by atoms with Crippen LogP contribution in [-0.2, 0) is 0 Å². The van der Waals surface area contributed by atoms with Gasteiger partial charge in [-0.05, 0) is 32.3 Å². The van der Waals surface area contributed by atoms with E-state index in [-0.39, 0.29) is 6.04 Å². The van der Waals surface area contributed by atoms with Crippen molar-refractivity contribution in [2.45, 2.75) is 38.3 Å². The van der Waals surface area contributed by atoms with Gasteiger partial charge in [0.05, 0.1) is 5.60 Å². The summed E-state index contributed by atoms with van der Waals surface area (Å²) in [6, 6.07) is 8.89. The maximum Gasteiger partial charge on any atom is 0.0644 e. The lowest BCUT2D eigenvalue weighted by Crippen LogP contribution is -2.45. The highest BCUT2D eigenvalue weighted by atomic mass is 16.3. The quantitative estimate of drug-likeness (QED) is 0.858. The highest BCUT2D eigenvalue weighted by Gasteiger charge is 2.30. The summed E-state index contributed by atoms with van der Waals surface area (Å²) in [5, 5.41) is 10.00. The summed E-state index contributed by atoms with van der Waals surface area (Å²) in [6.07, 6.45) is 1.66. The molecule has 1 aromatic rings. The van der Waals surface area contributed by atoms with Gasteiger partial charge in [0.15, 0.2) is 0 Å². The third kappa shape index (κ3) is 3.10. The molecule has 1 aliphatic rings. The molecule has 1 fully saturated rings. The zero-order chi connectivity index (χ0) is 13.2. The van der Waals surface area contributed by atoms with Gasteiger partial charge in [0.1, 0.15) is 0 Å². The van der Waals surface area contributed by atoms with E-state index < -0.39 is 5.60 Å². The highest BCUT2D eigenvalue weighted by molar-refractivity contribution is 5.24. The van der Waals surface area contributed by atoms with Gasteiger partial charge in [-0.25, -0.2) is 0 Å². The van der Waals surface area contributed by atoms with E-state index in [4.69, 9.17) is 5.73 Å². The molecule has 3 heteroatoms. The third-order valence-electron chi connectivity index (χ3n) is 4.00. The molecule has 1 heterocycles. The maximum atomic E-state index is 10.00. The summed E-state index contributed by atoms with van der Waals surface area (Å²) >= 11 is 0. The van der Waals surface area contributed by atoms with E-state index in [1.165, 1.54) is 11.1 Å². The lowest BCUT2D eigenvalue weighted by Gasteiger charge is -2.40. The number of aliphatic hydroxyl groups is 1. The first-order chi connectivity index (χ1) is 8.52. The largest absolute Gasteiger partial charge is 0.390 e. The second-order valence-corrected chi connectivity index (χ2v) is 5.70. The summed E-state index contributed by atoms with van der Waals surface area (Å²) in [5.41, 5.74) is 8.00. The average molecular weight is 248 g/mol. The van der Waals surface area contributed by atoms with Crippen LogP contribution in [0.1, 0.15) is 36.9 Å². The van der Waals surface area contributed by atoms with Crippen LogP contribution in [0.15, 0.2) is 24.3 Å². The number of nitrogens with two attached hydrogens (primary N) is 1. The number of benzene rings is 1. The van der Waals surface area contributed by atoms with Gasteiger partial charge >= 0.3 is 0 Å². The molecule has 0 spiro atoms. The number of piperidine rings is 1. The Bertz CT molecular complexity index is 376. The van der Waals surface area contributed by atoms with Crippen molar-refractivity contribution < 1.29 is 5.11 Å². The minimum absolute atomic E-state index is 0.279. The summed E-state index contributed by atoms with van der Waals surface area (Å²) in [6.45, 7) is 6.49. The van der Waals surface area contributed by atoms with Crippen LogP contribution in [0, 0.1) is 6.92 Å². The van der Waals surface area contributed by atoms with Crippen molar-refractivity contribution in [3.05, 3.63) is 35.4 Å². The summed E-state index contributed by atoms with van der Waals surface area (Å²) in [4.78, 5) is 2.39. The van der Waals surface area contributed by atoms with Gasteiger partial charge in [-0.2, -0.15) is 0 Å². The Labute approximate surface area is 110 Å². The van der Waals surface area contributed by atoms with Gasteiger partial charge in [0, 0.05) is 25.7 Å². The molecule has 1 saturated heterocycles. The molecule has 0 aliphatic carbocycles. The normalized spacial score (nSPS) is 21.8. The molecule has 1 atom stereocenters. The van der Waals surface area contributed by atoms with Crippen molar-refractivity contribution in [3.8, 4) is 0 Å². The molecule has 0 bridgehead atoms. The molecule has 0 amide bonds. The first kappa shape index (κ1) is 13.5. The van der Waals surface area contributed by atoms with Crippen molar-refractivity contribution in [1.82, 2.24) is 4.90 Å². The summed E-state index contributed by atoms with van der Waals surface area (Å²) in [7, 11) is 0. The molecule has 1 aliphatic heterocycles. The maximum absolute atomic E-state index is 10.00. The van der Waals surface area contributed by atoms with E-state index in [9.17, 15) is 5.11 Å². The molecular weight excluding hydrogens is 224 g/mol. The van der Waals surface area contributed by atoms with Gasteiger partial charge < -0.3 is 10.8 Å². The number of hydrogen-bond donors (Lipinski definition) is 2. The third-order valence-corrected chi connectivity index (χ3v) is 4.00. The topological polar surface area (TPSA) is 49.5 Å². The number of likely N-dealkylation sites (tertiary alicyclic amines) is 1. The van der Waals surface area contributed by atoms with Gasteiger partial charge in [-0.1, -0.05) is 29.8 Å². The highest BCUT2D eigenvalue weighted by Crippen LogP contribution is 2.28. The zero-order valence-corrected chi connectivity index (χ0v) is 11.4. The van der Waals surface area contributed by atoms with E-state index in [1.807, 2.05) is 6.92 Å². The Morgan fingerprint density at radius 1 is 1.28 bits per heavy atom.